The Hall–Kier alpha value is -1.35. The molecule has 1 spiro atoms. The Morgan fingerprint density at radius 2 is 1.80 bits per heavy atom. The standard InChI is InChI=1S/C17H22N2O/c1-2-6-15-14(5-1)13-17(7-3-4-8-17)18-16(15)19-9-11-20-12-10-19/h1-2,5-6H,3-4,7-13H2. The van der Waals surface area contributed by atoms with Crippen LogP contribution in [-0.4, -0.2) is 42.6 Å². The molecule has 1 aliphatic carbocycles. The first-order valence-electron chi connectivity index (χ1n) is 7.87. The number of aliphatic imine (C=N–C) groups is 1. The molecule has 3 heteroatoms. The van der Waals surface area contributed by atoms with Crippen molar-refractivity contribution in [3.05, 3.63) is 35.4 Å². The largest absolute Gasteiger partial charge is 0.378 e. The number of amidine groups is 1. The zero-order chi connectivity index (χ0) is 13.4. The number of ether oxygens (including phenoxy) is 1. The minimum atomic E-state index is 0.196. The summed E-state index contributed by atoms with van der Waals surface area (Å²) in [5.41, 5.74) is 3.04. The molecule has 0 atom stereocenters. The third kappa shape index (κ3) is 2.05. The highest BCUT2D eigenvalue weighted by molar-refractivity contribution is 6.01. The first-order chi connectivity index (χ1) is 9.86. The van der Waals surface area contributed by atoms with Gasteiger partial charge in [0, 0.05) is 18.7 Å². The van der Waals surface area contributed by atoms with Gasteiger partial charge >= 0.3 is 0 Å². The highest BCUT2D eigenvalue weighted by atomic mass is 16.5. The van der Waals surface area contributed by atoms with Gasteiger partial charge in [0.05, 0.1) is 18.8 Å². The molecule has 20 heavy (non-hydrogen) atoms. The van der Waals surface area contributed by atoms with Crippen molar-refractivity contribution in [2.24, 2.45) is 4.99 Å². The fourth-order valence-corrected chi connectivity index (χ4v) is 3.91. The summed E-state index contributed by atoms with van der Waals surface area (Å²) < 4.78 is 5.50. The van der Waals surface area contributed by atoms with Crippen molar-refractivity contribution in [1.82, 2.24) is 4.90 Å². The fourth-order valence-electron chi connectivity index (χ4n) is 3.91. The van der Waals surface area contributed by atoms with Crippen molar-refractivity contribution >= 4 is 5.84 Å². The number of hydrogen-bond donors (Lipinski definition) is 0. The Labute approximate surface area is 120 Å². The molecule has 1 saturated heterocycles. The molecule has 0 radical (unpaired) electrons. The Morgan fingerprint density at radius 3 is 2.60 bits per heavy atom. The lowest BCUT2D eigenvalue weighted by molar-refractivity contribution is 0.0676. The number of morpholine rings is 1. The lowest BCUT2D eigenvalue weighted by Gasteiger charge is -2.38. The van der Waals surface area contributed by atoms with E-state index in [1.165, 1.54) is 42.6 Å². The second kappa shape index (κ2) is 4.88. The van der Waals surface area contributed by atoms with Crippen LogP contribution in [0.5, 0.6) is 0 Å². The Balaban J connectivity index is 1.76. The molecule has 0 N–H and O–H groups in total. The van der Waals surface area contributed by atoms with Crippen molar-refractivity contribution in [2.75, 3.05) is 26.3 Å². The maximum atomic E-state index is 5.50. The summed E-state index contributed by atoms with van der Waals surface area (Å²) >= 11 is 0. The molecule has 0 aromatic heterocycles. The summed E-state index contributed by atoms with van der Waals surface area (Å²) in [5.74, 6) is 1.23. The molecule has 0 amide bonds. The van der Waals surface area contributed by atoms with Crippen molar-refractivity contribution in [1.29, 1.82) is 0 Å². The molecular formula is C17H22N2O. The van der Waals surface area contributed by atoms with Crippen molar-refractivity contribution in [3.8, 4) is 0 Å². The minimum absolute atomic E-state index is 0.196. The Bertz CT molecular complexity index is 526. The molecule has 3 aliphatic rings. The van der Waals surface area contributed by atoms with E-state index in [2.05, 4.69) is 29.2 Å². The van der Waals surface area contributed by atoms with Crippen LogP contribution >= 0.6 is 0 Å². The monoisotopic (exact) mass is 270 g/mol. The van der Waals surface area contributed by atoms with E-state index in [-0.39, 0.29) is 5.54 Å². The second-order valence-electron chi connectivity index (χ2n) is 6.30. The van der Waals surface area contributed by atoms with Crippen LogP contribution < -0.4 is 0 Å². The zero-order valence-corrected chi connectivity index (χ0v) is 12.0. The van der Waals surface area contributed by atoms with E-state index in [1.54, 1.807) is 0 Å². The first kappa shape index (κ1) is 12.4. The maximum Gasteiger partial charge on any atom is 0.131 e. The van der Waals surface area contributed by atoms with Crippen LogP contribution in [0.3, 0.4) is 0 Å². The molecular weight excluding hydrogens is 248 g/mol. The van der Waals surface area contributed by atoms with Gasteiger partial charge in [-0.1, -0.05) is 37.1 Å². The van der Waals surface area contributed by atoms with Crippen molar-refractivity contribution in [2.45, 2.75) is 37.6 Å². The van der Waals surface area contributed by atoms with E-state index in [1.807, 2.05) is 0 Å². The fraction of sp³-hybridized carbons (Fsp3) is 0.588. The number of nitrogens with zero attached hydrogens (tertiary/aromatic N) is 2. The summed E-state index contributed by atoms with van der Waals surface area (Å²) in [4.78, 5) is 7.70. The Morgan fingerprint density at radius 1 is 1.05 bits per heavy atom. The first-order valence-corrected chi connectivity index (χ1v) is 7.87. The van der Waals surface area contributed by atoms with Crippen LogP contribution in [0.25, 0.3) is 0 Å². The average molecular weight is 270 g/mol. The normalized spacial score (nSPS) is 24.6. The van der Waals surface area contributed by atoms with Gasteiger partial charge in [0.15, 0.2) is 0 Å². The molecule has 106 valence electrons. The van der Waals surface area contributed by atoms with Crippen LogP contribution in [0.15, 0.2) is 29.3 Å². The molecule has 2 aliphatic heterocycles. The van der Waals surface area contributed by atoms with Gasteiger partial charge in [0.2, 0.25) is 0 Å². The molecule has 1 saturated carbocycles. The molecule has 0 bridgehead atoms. The zero-order valence-electron chi connectivity index (χ0n) is 12.0. The lowest BCUT2D eigenvalue weighted by atomic mass is 9.84. The van der Waals surface area contributed by atoms with Gasteiger partial charge in [-0.15, -0.1) is 0 Å². The molecule has 2 heterocycles. The van der Waals surface area contributed by atoms with E-state index in [0.29, 0.717) is 0 Å². The van der Waals surface area contributed by atoms with Gasteiger partial charge in [0.1, 0.15) is 5.84 Å². The molecule has 1 aromatic carbocycles. The summed E-state index contributed by atoms with van der Waals surface area (Å²) in [6.45, 7) is 3.61. The predicted molar refractivity (Wildman–Crippen MR) is 80.3 cm³/mol. The molecule has 4 rings (SSSR count). The van der Waals surface area contributed by atoms with E-state index < -0.39 is 0 Å². The van der Waals surface area contributed by atoms with Gasteiger partial charge in [-0.3, -0.25) is 4.99 Å². The van der Waals surface area contributed by atoms with Crippen molar-refractivity contribution in [3.63, 3.8) is 0 Å². The number of benzene rings is 1. The van der Waals surface area contributed by atoms with E-state index in [9.17, 15) is 0 Å². The molecule has 2 fully saturated rings. The van der Waals surface area contributed by atoms with Gasteiger partial charge in [0.25, 0.3) is 0 Å². The van der Waals surface area contributed by atoms with Crippen LogP contribution in [0, 0.1) is 0 Å². The second-order valence-corrected chi connectivity index (χ2v) is 6.30. The lowest BCUT2D eigenvalue weighted by Crippen LogP contribution is -2.45. The third-order valence-electron chi connectivity index (χ3n) is 4.97. The number of hydrogen-bond acceptors (Lipinski definition) is 3. The summed E-state index contributed by atoms with van der Waals surface area (Å²) in [6.07, 6.45) is 6.32. The van der Waals surface area contributed by atoms with Gasteiger partial charge in [-0.25, -0.2) is 0 Å². The molecule has 1 aromatic rings. The minimum Gasteiger partial charge on any atom is -0.378 e. The van der Waals surface area contributed by atoms with Crippen molar-refractivity contribution < 1.29 is 4.74 Å². The SMILES string of the molecule is c1ccc2c(c1)CC1(CCCC1)N=C2N1CCOCC1. The number of rotatable bonds is 0. The quantitative estimate of drug-likeness (QED) is 0.724. The number of fused-ring (bicyclic) bond motifs is 1. The summed E-state index contributed by atoms with van der Waals surface area (Å²) in [5, 5.41) is 0. The molecule has 0 unspecified atom stereocenters. The Kier molecular flexibility index (Phi) is 3.03. The summed E-state index contributed by atoms with van der Waals surface area (Å²) in [6, 6.07) is 8.85. The van der Waals surface area contributed by atoms with Crippen LogP contribution in [0.4, 0.5) is 0 Å². The topological polar surface area (TPSA) is 24.8 Å². The smallest absolute Gasteiger partial charge is 0.131 e. The maximum absolute atomic E-state index is 5.50. The van der Waals surface area contributed by atoms with Crippen LogP contribution in [0.1, 0.15) is 36.8 Å². The van der Waals surface area contributed by atoms with E-state index >= 15 is 0 Å². The third-order valence-corrected chi connectivity index (χ3v) is 4.97. The van der Waals surface area contributed by atoms with Crippen LogP contribution in [0.2, 0.25) is 0 Å². The summed E-state index contributed by atoms with van der Waals surface area (Å²) in [7, 11) is 0. The van der Waals surface area contributed by atoms with Gasteiger partial charge in [-0.2, -0.15) is 0 Å². The highest BCUT2D eigenvalue weighted by Crippen LogP contribution is 2.40. The molecule has 3 nitrogen and oxygen atoms in total. The highest BCUT2D eigenvalue weighted by Gasteiger charge is 2.39. The van der Waals surface area contributed by atoms with Crippen LogP contribution in [-0.2, 0) is 11.2 Å². The van der Waals surface area contributed by atoms with Gasteiger partial charge in [-0.05, 0) is 24.8 Å². The predicted octanol–water partition coefficient (Wildman–Crippen LogP) is 2.63. The average Bonchev–Trinajstić information content (AvgIpc) is 2.95. The van der Waals surface area contributed by atoms with E-state index in [0.717, 1.165) is 32.7 Å². The van der Waals surface area contributed by atoms with Gasteiger partial charge < -0.3 is 9.64 Å². The van der Waals surface area contributed by atoms with E-state index in [4.69, 9.17) is 9.73 Å².